The number of nitrogens with one attached hydrogen (secondary N) is 2. The lowest BCUT2D eigenvalue weighted by atomic mass is 10.2. The number of pyridine rings is 1. The molecule has 0 aliphatic carbocycles. The van der Waals surface area contributed by atoms with Crippen molar-refractivity contribution < 1.29 is 14.6 Å². The van der Waals surface area contributed by atoms with Crippen molar-refractivity contribution in [3.05, 3.63) is 59.3 Å². The lowest BCUT2D eigenvalue weighted by Gasteiger charge is -2.30. The second-order valence-electron chi connectivity index (χ2n) is 8.44. The van der Waals surface area contributed by atoms with Crippen LogP contribution >= 0.6 is 11.6 Å². The van der Waals surface area contributed by atoms with Crippen molar-refractivity contribution in [2.45, 2.75) is 12.8 Å². The fourth-order valence-electron chi connectivity index (χ4n) is 4.03. The third kappa shape index (κ3) is 6.05. The topological polar surface area (TPSA) is 107 Å². The van der Waals surface area contributed by atoms with Crippen LogP contribution in [0.4, 0.5) is 33.2 Å². The van der Waals surface area contributed by atoms with Gasteiger partial charge in [-0.3, -0.25) is 4.98 Å². The van der Waals surface area contributed by atoms with Gasteiger partial charge in [-0.25, -0.2) is 9.82 Å². The molecule has 2 fully saturated rings. The molecule has 0 bridgehead atoms. The number of nitrogens with two attached hydrogens (primary N) is 1. The van der Waals surface area contributed by atoms with E-state index >= 15 is 0 Å². The van der Waals surface area contributed by atoms with E-state index in [0.29, 0.717) is 43.0 Å². The summed E-state index contributed by atoms with van der Waals surface area (Å²) in [6.07, 6.45) is 6.81. The molecule has 10 nitrogen and oxygen atoms in total. The van der Waals surface area contributed by atoms with E-state index in [0.717, 1.165) is 36.6 Å². The summed E-state index contributed by atoms with van der Waals surface area (Å²) in [4.78, 5) is 14.6. The van der Waals surface area contributed by atoms with Crippen LogP contribution in [0.5, 0.6) is 0 Å². The van der Waals surface area contributed by atoms with Crippen molar-refractivity contribution in [3.8, 4) is 0 Å². The predicted molar refractivity (Wildman–Crippen MR) is 138 cm³/mol. The Labute approximate surface area is 213 Å². The summed E-state index contributed by atoms with van der Waals surface area (Å²) in [5.74, 6) is 0.137. The van der Waals surface area contributed by atoms with E-state index in [1.807, 2.05) is 35.2 Å². The molecule has 0 spiro atoms. The monoisotopic (exact) mass is 512 g/mol. The molecule has 5 rings (SSSR count). The maximum absolute atomic E-state index is 14.2. The molecule has 2 aliphatic heterocycles. The second-order valence-corrected chi connectivity index (χ2v) is 8.84. The summed E-state index contributed by atoms with van der Waals surface area (Å²) in [5, 5.41) is 10.4. The van der Waals surface area contributed by atoms with Gasteiger partial charge in [-0.2, -0.15) is 15.4 Å². The zero-order chi connectivity index (χ0) is 24.7. The molecule has 0 atom stereocenters. The van der Waals surface area contributed by atoms with E-state index in [-0.39, 0.29) is 5.82 Å². The summed E-state index contributed by atoms with van der Waals surface area (Å²) in [6.45, 7) is 4.18. The largest absolute Gasteiger partial charge is 0.378 e. The average molecular weight is 513 g/mol. The molecule has 2 aromatic heterocycles. The molecule has 188 valence electrons. The number of hydrogen-bond acceptors (Lipinski definition) is 9. The van der Waals surface area contributed by atoms with Crippen molar-refractivity contribution in [1.82, 2.24) is 20.4 Å². The third-order valence-electron chi connectivity index (χ3n) is 5.88. The second kappa shape index (κ2) is 11.6. The van der Waals surface area contributed by atoms with Gasteiger partial charge in [0, 0.05) is 31.9 Å². The first kappa shape index (κ1) is 24.3. The van der Waals surface area contributed by atoms with Gasteiger partial charge in [0.05, 0.1) is 47.7 Å². The Balaban J connectivity index is 1.18. The molecular formula is C24H28ClFN9O+. The molecule has 4 heterocycles. The summed E-state index contributed by atoms with van der Waals surface area (Å²) in [7, 11) is 0. The van der Waals surface area contributed by atoms with Gasteiger partial charge in [-0.15, -0.1) is 0 Å². The fourth-order valence-corrected chi connectivity index (χ4v) is 4.31. The van der Waals surface area contributed by atoms with Crippen LogP contribution in [-0.2, 0) is 4.74 Å². The zero-order valence-corrected chi connectivity index (χ0v) is 20.5. The highest BCUT2D eigenvalue weighted by Crippen LogP contribution is 2.30. The van der Waals surface area contributed by atoms with Crippen LogP contribution in [0.3, 0.4) is 0 Å². The van der Waals surface area contributed by atoms with E-state index in [1.165, 1.54) is 18.0 Å². The van der Waals surface area contributed by atoms with Gasteiger partial charge in [0.1, 0.15) is 6.21 Å². The number of halogens is 2. The molecule has 0 amide bonds. The Morgan fingerprint density at radius 3 is 2.69 bits per heavy atom. The predicted octanol–water partition coefficient (Wildman–Crippen LogP) is 2.58. The summed E-state index contributed by atoms with van der Waals surface area (Å²) < 4.78 is 19.5. The average Bonchev–Trinajstić information content (AvgIpc) is 2.92. The van der Waals surface area contributed by atoms with Gasteiger partial charge < -0.3 is 20.0 Å². The molecular weight excluding hydrogens is 485 g/mol. The molecule has 2 saturated heterocycles. The number of hydrogen-bond donors (Lipinski definition) is 3. The lowest BCUT2D eigenvalue weighted by molar-refractivity contribution is -0.584. The van der Waals surface area contributed by atoms with E-state index in [9.17, 15) is 4.39 Å². The number of aromatic nitrogens is 3. The minimum Gasteiger partial charge on any atom is -0.378 e. The minimum atomic E-state index is -0.457. The van der Waals surface area contributed by atoms with Crippen LogP contribution in [-0.4, -0.2) is 60.6 Å². The highest BCUT2D eigenvalue weighted by Gasteiger charge is 2.19. The highest BCUT2D eigenvalue weighted by molar-refractivity contribution is 6.33. The first-order valence-electron chi connectivity index (χ1n) is 11.9. The number of anilines is 4. The van der Waals surface area contributed by atoms with Gasteiger partial charge >= 0.3 is 5.95 Å². The molecule has 3 aromatic rings. The van der Waals surface area contributed by atoms with Crippen molar-refractivity contribution in [2.75, 3.05) is 54.6 Å². The Morgan fingerprint density at radius 1 is 1.08 bits per heavy atom. The number of benzene rings is 1. The van der Waals surface area contributed by atoms with E-state index in [2.05, 4.69) is 35.8 Å². The number of hydrazine groups is 1. The summed E-state index contributed by atoms with van der Waals surface area (Å²) in [5.41, 5.74) is 8.20. The van der Waals surface area contributed by atoms with Crippen LogP contribution in [0.2, 0.25) is 5.02 Å². The van der Waals surface area contributed by atoms with Crippen LogP contribution in [0.25, 0.3) is 0 Å². The number of rotatable bonds is 7. The first-order valence-corrected chi connectivity index (χ1v) is 12.3. The molecule has 12 heteroatoms. The Kier molecular flexibility index (Phi) is 7.82. The normalized spacial score (nSPS) is 16.5. The van der Waals surface area contributed by atoms with Gasteiger partial charge in [-0.1, -0.05) is 16.7 Å². The maximum atomic E-state index is 14.2. The Morgan fingerprint density at radius 2 is 1.94 bits per heavy atom. The number of quaternary nitrogens is 1. The van der Waals surface area contributed by atoms with Crippen LogP contribution < -0.4 is 26.1 Å². The molecule has 36 heavy (non-hydrogen) atoms. The van der Waals surface area contributed by atoms with Crippen molar-refractivity contribution in [1.29, 1.82) is 0 Å². The van der Waals surface area contributed by atoms with Crippen LogP contribution in [0.15, 0.2) is 47.8 Å². The Hall–Kier alpha value is -3.38. The number of ether oxygens (including phenoxy) is 1. The molecule has 0 saturated carbocycles. The lowest BCUT2D eigenvalue weighted by Crippen LogP contribution is -2.72. The van der Waals surface area contributed by atoms with Gasteiger partial charge in [0.2, 0.25) is 0 Å². The van der Waals surface area contributed by atoms with E-state index < -0.39 is 5.82 Å². The number of nitrogens with zero attached hydrogens (tertiary/aromatic N) is 6. The quantitative estimate of drug-likeness (QED) is 0.252. The van der Waals surface area contributed by atoms with Gasteiger partial charge in [0.15, 0.2) is 11.6 Å². The van der Waals surface area contributed by atoms with E-state index in [4.69, 9.17) is 16.3 Å². The van der Waals surface area contributed by atoms with Crippen LogP contribution in [0, 0.1) is 5.82 Å². The molecule has 0 radical (unpaired) electrons. The third-order valence-corrected chi connectivity index (χ3v) is 6.18. The standard InChI is InChI=1S/C24H27ClFN9O/c25-20-13-17(5-6-22(20)35-8-2-1-7-30-35)31-19-4-3-18(27-14-19)15-29-33-24-28-16-21(26)23(32-24)34-9-11-36-12-10-34/h3-6,13-16,30-31H,1-2,7-12H2,(H,28,32,33)/p+1/b29-15+. The highest BCUT2D eigenvalue weighted by atomic mass is 35.5. The Bertz CT molecular complexity index is 1200. The van der Waals surface area contributed by atoms with Crippen LogP contribution in [0.1, 0.15) is 18.5 Å². The zero-order valence-electron chi connectivity index (χ0n) is 19.7. The fraction of sp³-hybridized carbons (Fsp3) is 0.333. The smallest absolute Gasteiger partial charge is 0.354 e. The SMILES string of the molecule is Fc1cnc([NH2+]/N=C/c2ccc(Nc3ccc(N4CCCCN4)c(Cl)c3)cn2)nc1N1CCOCC1. The minimum absolute atomic E-state index is 0.267. The van der Waals surface area contributed by atoms with Gasteiger partial charge in [-0.05, 0) is 43.2 Å². The maximum Gasteiger partial charge on any atom is 0.354 e. The summed E-state index contributed by atoms with van der Waals surface area (Å²) >= 11 is 6.53. The number of morpholine rings is 1. The first-order chi connectivity index (χ1) is 17.7. The molecule has 4 N–H and O–H groups in total. The van der Waals surface area contributed by atoms with Crippen molar-refractivity contribution >= 4 is 46.6 Å². The van der Waals surface area contributed by atoms with Crippen molar-refractivity contribution in [3.63, 3.8) is 0 Å². The molecule has 0 unspecified atom stereocenters. The summed E-state index contributed by atoms with van der Waals surface area (Å²) in [6, 6.07) is 9.67. The molecule has 1 aromatic carbocycles. The van der Waals surface area contributed by atoms with E-state index in [1.54, 1.807) is 12.4 Å². The van der Waals surface area contributed by atoms with Gasteiger partial charge in [0.25, 0.3) is 0 Å². The molecule has 2 aliphatic rings. The van der Waals surface area contributed by atoms with Crippen molar-refractivity contribution in [2.24, 2.45) is 5.10 Å².